The average molecular weight is 317 g/mol. The van der Waals surface area contributed by atoms with Crippen molar-refractivity contribution in [3.63, 3.8) is 0 Å². The molecule has 2 heterocycles. The molecule has 0 bridgehead atoms. The van der Waals surface area contributed by atoms with E-state index in [1.807, 2.05) is 11.4 Å². The fourth-order valence-corrected chi connectivity index (χ4v) is 4.05. The summed E-state index contributed by atoms with van der Waals surface area (Å²) < 4.78 is 6.41. The molecule has 0 radical (unpaired) electrons. The van der Waals surface area contributed by atoms with E-state index in [4.69, 9.17) is 10.5 Å². The second-order valence-electron chi connectivity index (χ2n) is 4.46. The van der Waals surface area contributed by atoms with Gasteiger partial charge in [0.05, 0.1) is 12.1 Å². The highest BCUT2D eigenvalue weighted by Crippen LogP contribution is 2.38. The van der Waals surface area contributed by atoms with E-state index in [0.717, 1.165) is 17.5 Å². The van der Waals surface area contributed by atoms with Gasteiger partial charge >= 0.3 is 0 Å². The second-order valence-corrected chi connectivity index (χ2v) is 6.23. The average Bonchev–Trinajstić information content (AvgIpc) is 2.91. The van der Waals surface area contributed by atoms with Crippen molar-refractivity contribution in [3.05, 3.63) is 20.8 Å². The molecule has 1 saturated carbocycles. The zero-order valence-corrected chi connectivity index (χ0v) is 11.5. The van der Waals surface area contributed by atoms with Gasteiger partial charge in [0, 0.05) is 23.0 Å². The van der Waals surface area contributed by atoms with E-state index < -0.39 is 0 Å². The summed E-state index contributed by atoms with van der Waals surface area (Å²) in [7, 11) is 0. The molecule has 1 aliphatic carbocycles. The van der Waals surface area contributed by atoms with Crippen molar-refractivity contribution < 1.29 is 9.53 Å². The highest BCUT2D eigenvalue weighted by molar-refractivity contribution is 9.10. The first-order valence-corrected chi connectivity index (χ1v) is 7.27. The first kappa shape index (κ1) is 11.6. The van der Waals surface area contributed by atoms with Crippen molar-refractivity contribution in [2.75, 3.05) is 6.61 Å². The van der Waals surface area contributed by atoms with Crippen LogP contribution in [-0.4, -0.2) is 30.7 Å². The lowest BCUT2D eigenvalue weighted by molar-refractivity contribution is -0.0160. The van der Waals surface area contributed by atoms with Crippen molar-refractivity contribution in [1.29, 1.82) is 0 Å². The van der Waals surface area contributed by atoms with Gasteiger partial charge in [-0.05, 0) is 33.8 Å². The van der Waals surface area contributed by atoms with Gasteiger partial charge in [0.2, 0.25) is 0 Å². The molecular weight excluding hydrogens is 304 g/mol. The van der Waals surface area contributed by atoms with E-state index >= 15 is 0 Å². The molecule has 1 aromatic rings. The molecule has 0 aromatic carbocycles. The van der Waals surface area contributed by atoms with Crippen molar-refractivity contribution in [2.45, 2.75) is 24.6 Å². The van der Waals surface area contributed by atoms with Gasteiger partial charge in [0.1, 0.15) is 4.88 Å². The molecule has 92 valence electrons. The van der Waals surface area contributed by atoms with Crippen LogP contribution in [0, 0.1) is 5.92 Å². The number of rotatable bonds is 2. The van der Waals surface area contributed by atoms with Crippen LogP contribution in [0.3, 0.4) is 0 Å². The van der Waals surface area contributed by atoms with E-state index in [-0.39, 0.29) is 24.1 Å². The van der Waals surface area contributed by atoms with Crippen molar-refractivity contribution in [3.8, 4) is 0 Å². The summed E-state index contributed by atoms with van der Waals surface area (Å²) in [5.41, 5.74) is 6.04. The van der Waals surface area contributed by atoms with Gasteiger partial charge in [-0.3, -0.25) is 4.79 Å². The number of hydrogen-bond acceptors (Lipinski definition) is 4. The van der Waals surface area contributed by atoms with Gasteiger partial charge in [-0.1, -0.05) is 0 Å². The maximum absolute atomic E-state index is 12.0. The molecule has 1 saturated heterocycles. The number of thiophene rings is 1. The lowest BCUT2D eigenvalue weighted by Crippen LogP contribution is -2.68. The van der Waals surface area contributed by atoms with Gasteiger partial charge in [0.25, 0.3) is 5.91 Å². The monoisotopic (exact) mass is 316 g/mol. The minimum Gasteiger partial charge on any atom is -0.376 e. The minimum absolute atomic E-state index is 0.0326. The van der Waals surface area contributed by atoms with Crippen LogP contribution in [0.1, 0.15) is 16.1 Å². The SMILES string of the molecule is NC1C2CCOC2C1NC(=O)c1sccc1Br. The Labute approximate surface area is 112 Å². The topological polar surface area (TPSA) is 64.3 Å². The molecule has 3 N–H and O–H groups in total. The van der Waals surface area contributed by atoms with Gasteiger partial charge in [-0.25, -0.2) is 0 Å². The third-order valence-electron chi connectivity index (χ3n) is 3.57. The molecule has 0 spiro atoms. The Morgan fingerprint density at radius 1 is 1.65 bits per heavy atom. The predicted molar refractivity (Wildman–Crippen MR) is 69.1 cm³/mol. The number of carbonyl (C=O) groups is 1. The number of amides is 1. The van der Waals surface area contributed by atoms with Crippen LogP contribution in [0.5, 0.6) is 0 Å². The summed E-state index contributed by atoms with van der Waals surface area (Å²) >= 11 is 4.78. The standard InChI is InChI=1S/C11H13BrN2O2S/c12-6-2-4-17-10(6)11(15)14-8-7(13)5-1-3-16-9(5)8/h2,4-5,7-9H,1,3,13H2,(H,14,15). The summed E-state index contributed by atoms with van der Waals surface area (Å²) in [4.78, 5) is 12.7. The first-order valence-electron chi connectivity index (χ1n) is 5.59. The number of ether oxygens (including phenoxy) is 1. The zero-order chi connectivity index (χ0) is 12.0. The highest BCUT2D eigenvalue weighted by Gasteiger charge is 2.52. The van der Waals surface area contributed by atoms with Gasteiger partial charge < -0.3 is 15.8 Å². The molecule has 4 atom stereocenters. The molecule has 1 amide bonds. The molecule has 17 heavy (non-hydrogen) atoms. The normalized spacial score (nSPS) is 35.2. The molecule has 4 nitrogen and oxygen atoms in total. The first-order chi connectivity index (χ1) is 8.18. The number of carbonyl (C=O) groups excluding carboxylic acids is 1. The van der Waals surface area contributed by atoms with Gasteiger partial charge in [-0.2, -0.15) is 0 Å². The molecule has 4 unspecified atom stereocenters. The maximum Gasteiger partial charge on any atom is 0.262 e. The highest BCUT2D eigenvalue weighted by atomic mass is 79.9. The smallest absolute Gasteiger partial charge is 0.262 e. The predicted octanol–water partition coefficient (Wildman–Crippen LogP) is 1.35. The molecule has 1 aliphatic heterocycles. The van der Waals surface area contributed by atoms with Crippen molar-refractivity contribution in [1.82, 2.24) is 5.32 Å². The summed E-state index contributed by atoms with van der Waals surface area (Å²) in [5.74, 6) is 0.355. The number of hydrogen-bond donors (Lipinski definition) is 2. The van der Waals surface area contributed by atoms with Crippen molar-refractivity contribution >= 4 is 33.2 Å². The fourth-order valence-electron chi connectivity index (χ4n) is 2.60. The zero-order valence-electron chi connectivity index (χ0n) is 9.06. The summed E-state index contributed by atoms with van der Waals surface area (Å²) in [6.07, 6.45) is 1.13. The Morgan fingerprint density at radius 3 is 3.18 bits per heavy atom. The van der Waals surface area contributed by atoms with E-state index in [0.29, 0.717) is 10.8 Å². The Kier molecular flexibility index (Phi) is 2.98. The minimum atomic E-state index is -0.0683. The lowest BCUT2D eigenvalue weighted by Gasteiger charge is -2.45. The van der Waals surface area contributed by atoms with Gasteiger partial charge in [0.15, 0.2) is 0 Å². The molecule has 3 rings (SSSR count). The number of halogens is 1. The third kappa shape index (κ3) is 1.83. The Bertz CT molecular complexity index is 450. The second kappa shape index (κ2) is 4.35. The molecule has 6 heteroatoms. The van der Waals surface area contributed by atoms with E-state index in [9.17, 15) is 4.79 Å². The van der Waals surface area contributed by atoms with Crippen LogP contribution < -0.4 is 11.1 Å². The van der Waals surface area contributed by atoms with E-state index in [1.54, 1.807) is 0 Å². The van der Waals surface area contributed by atoms with Crippen LogP contribution >= 0.6 is 27.3 Å². The number of nitrogens with two attached hydrogens (primary N) is 1. The third-order valence-corrected chi connectivity index (χ3v) is 5.40. The Balaban J connectivity index is 1.68. The largest absolute Gasteiger partial charge is 0.376 e. The molecule has 2 aliphatic rings. The fraction of sp³-hybridized carbons (Fsp3) is 0.545. The van der Waals surface area contributed by atoms with Crippen molar-refractivity contribution in [2.24, 2.45) is 11.7 Å². The Morgan fingerprint density at radius 2 is 2.47 bits per heavy atom. The van der Waals surface area contributed by atoms with Gasteiger partial charge in [-0.15, -0.1) is 11.3 Å². The van der Waals surface area contributed by atoms with Crippen LogP contribution in [0.25, 0.3) is 0 Å². The van der Waals surface area contributed by atoms with Crippen LogP contribution in [0.4, 0.5) is 0 Å². The van der Waals surface area contributed by atoms with E-state index in [2.05, 4.69) is 21.2 Å². The number of nitrogens with one attached hydrogen (secondary N) is 1. The molecular formula is C11H13BrN2O2S. The molecule has 2 fully saturated rings. The van der Waals surface area contributed by atoms with E-state index in [1.165, 1.54) is 11.3 Å². The van der Waals surface area contributed by atoms with Crippen LogP contribution in [0.2, 0.25) is 0 Å². The quantitative estimate of drug-likeness (QED) is 0.865. The molecule has 1 aromatic heterocycles. The summed E-state index contributed by atoms with van der Waals surface area (Å²) in [6.45, 7) is 0.762. The maximum atomic E-state index is 12.0. The van der Waals surface area contributed by atoms with Crippen LogP contribution in [0.15, 0.2) is 15.9 Å². The lowest BCUT2D eigenvalue weighted by atomic mass is 9.72. The van der Waals surface area contributed by atoms with Crippen LogP contribution in [-0.2, 0) is 4.74 Å². The summed E-state index contributed by atoms with van der Waals surface area (Å²) in [5, 5.41) is 4.86. The Hall–Kier alpha value is -0.430. The number of fused-ring (bicyclic) bond motifs is 1. The summed E-state index contributed by atoms with van der Waals surface area (Å²) in [6, 6.07) is 1.86.